The molecule has 0 atom stereocenters. The Bertz CT molecular complexity index is 872. The molecule has 0 saturated carbocycles. The first kappa shape index (κ1) is 14.9. The molecule has 0 bridgehead atoms. The molecule has 2 N–H and O–H groups in total. The summed E-state index contributed by atoms with van der Waals surface area (Å²) < 4.78 is 0. The van der Waals surface area contributed by atoms with E-state index in [1.54, 1.807) is 23.6 Å². The molecule has 114 valence electrons. The van der Waals surface area contributed by atoms with Crippen LogP contribution < -0.4 is 10.9 Å². The summed E-state index contributed by atoms with van der Waals surface area (Å²) in [7, 11) is 0. The summed E-state index contributed by atoms with van der Waals surface area (Å²) in [6, 6.07) is 15.0. The number of aromatic nitrogens is 1. The largest absolute Gasteiger partial charge is 0.279 e. The van der Waals surface area contributed by atoms with E-state index >= 15 is 0 Å². The van der Waals surface area contributed by atoms with Gasteiger partial charge in [-0.1, -0.05) is 30.3 Å². The highest BCUT2D eigenvalue weighted by molar-refractivity contribution is 7.12. The maximum Gasteiger partial charge on any atom is 0.279 e. The third-order valence-corrected chi connectivity index (χ3v) is 3.94. The van der Waals surface area contributed by atoms with Crippen molar-refractivity contribution in [3.05, 3.63) is 70.6 Å². The predicted octanol–water partition coefficient (Wildman–Crippen LogP) is 2.77. The van der Waals surface area contributed by atoms with Crippen molar-refractivity contribution in [2.45, 2.75) is 0 Å². The molecule has 6 heteroatoms. The first-order valence-electron chi connectivity index (χ1n) is 6.90. The van der Waals surface area contributed by atoms with Crippen LogP contribution in [0.15, 0.2) is 60.0 Å². The zero-order valence-corrected chi connectivity index (χ0v) is 12.8. The van der Waals surface area contributed by atoms with Crippen LogP contribution in [0.3, 0.4) is 0 Å². The van der Waals surface area contributed by atoms with Gasteiger partial charge in [-0.15, -0.1) is 11.3 Å². The fourth-order valence-corrected chi connectivity index (χ4v) is 2.58. The minimum atomic E-state index is -0.426. The molecule has 0 saturated heterocycles. The molecule has 1 aromatic carbocycles. The fraction of sp³-hybridized carbons (Fsp3) is 0. The molecular formula is C17H13N3O2S. The first-order valence-corrected chi connectivity index (χ1v) is 7.78. The minimum Gasteiger partial charge on any atom is -0.268 e. The highest BCUT2D eigenvalue weighted by Gasteiger charge is 2.06. The molecule has 3 aromatic rings. The number of amides is 2. The standard InChI is InChI=1S/C17H13N3O2S/c21-16(19-20-17(22)15-6-3-11-23-15)10-9-13-8-7-12-4-1-2-5-14(12)18-13/h1-11H,(H,19,21)(H,20,22)/b10-9+. The number of carbonyl (C=O) groups is 2. The smallest absolute Gasteiger partial charge is 0.268 e. The van der Waals surface area contributed by atoms with Gasteiger partial charge in [-0.2, -0.15) is 0 Å². The van der Waals surface area contributed by atoms with Gasteiger partial charge in [-0.05, 0) is 29.7 Å². The summed E-state index contributed by atoms with van der Waals surface area (Å²) in [4.78, 5) is 28.4. The number of rotatable bonds is 3. The first-order chi connectivity index (χ1) is 11.2. The number of thiophene rings is 1. The van der Waals surface area contributed by atoms with Crippen LogP contribution in [-0.4, -0.2) is 16.8 Å². The second-order valence-corrected chi connectivity index (χ2v) is 5.63. The molecule has 2 amide bonds. The maximum absolute atomic E-state index is 11.7. The van der Waals surface area contributed by atoms with Crippen LogP contribution in [0.25, 0.3) is 17.0 Å². The lowest BCUT2D eigenvalue weighted by Gasteiger charge is -2.03. The summed E-state index contributed by atoms with van der Waals surface area (Å²) in [5.41, 5.74) is 6.21. The lowest BCUT2D eigenvalue weighted by molar-refractivity contribution is -0.117. The zero-order valence-electron chi connectivity index (χ0n) is 12.0. The molecule has 0 spiro atoms. The Balaban J connectivity index is 1.60. The summed E-state index contributed by atoms with van der Waals surface area (Å²) >= 11 is 1.30. The number of carbonyl (C=O) groups excluding carboxylic acids is 2. The van der Waals surface area contributed by atoms with Gasteiger partial charge in [0.2, 0.25) is 0 Å². The van der Waals surface area contributed by atoms with E-state index in [1.807, 2.05) is 36.4 Å². The topological polar surface area (TPSA) is 71.1 Å². The number of benzene rings is 1. The minimum absolute atomic E-state index is 0.342. The Labute approximate surface area is 136 Å². The number of fused-ring (bicyclic) bond motifs is 1. The average Bonchev–Trinajstić information content (AvgIpc) is 3.12. The summed E-state index contributed by atoms with van der Waals surface area (Å²) in [6.07, 6.45) is 2.92. The maximum atomic E-state index is 11.7. The van der Waals surface area contributed by atoms with Gasteiger partial charge in [-0.3, -0.25) is 20.4 Å². The van der Waals surface area contributed by atoms with Gasteiger partial charge < -0.3 is 0 Å². The summed E-state index contributed by atoms with van der Waals surface area (Å²) in [5.74, 6) is -0.768. The number of nitrogens with zero attached hydrogens (tertiary/aromatic N) is 1. The lowest BCUT2D eigenvalue weighted by Crippen LogP contribution is -2.40. The number of hydrogen-bond donors (Lipinski definition) is 2. The molecule has 0 aliphatic carbocycles. The average molecular weight is 323 g/mol. The van der Waals surface area contributed by atoms with Crippen molar-refractivity contribution in [1.82, 2.24) is 15.8 Å². The molecule has 2 heterocycles. The van der Waals surface area contributed by atoms with E-state index in [-0.39, 0.29) is 5.91 Å². The third kappa shape index (κ3) is 3.81. The van der Waals surface area contributed by atoms with Crippen molar-refractivity contribution in [2.75, 3.05) is 0 Å². The van der Waals surface area contributed by atoms with Gasteiger partial charge in [0.1, 0.15) is 0 Å². The molecule has 3 rings (SSSR count). The van der Waals surface area contributed by atoms with E-state index in [2.05, 4.69) is 15.8 Å². The highest BCUT2D eigenvalue weighted by atomic mass is 32.1. The molecular weight excluding hydrogens is 310 g/mol. The Kier molecular flexibility index (Phi) is 4.44. The second kappa shape index (κ2) is 6.85. The number of hydrogen-bond acceptors (Lipinski definition) is 4. The Morgan fingerprint density at radius 1 is 1.00 bits per heavy atom. The zero-order chi connectivity index (χ0) is 16.1. The van der Waals surface area contributed by atoms with Gasteiger partial charge in [0.05, 0.1) is 16.1 Å². The van der Waals surface area contributed by atoms with Crippen LogP contribution in [-0.2, 0) is 4.79 Å². The van der Waals surface area contributed by atoms with E-state index < -0.39 is 5.91 Å². The monoisotopic (exact) mass is 323 g/mol. The van der Waals surface area contributed by atoms with Gasteiger partial charge in [0, 0.05) is 11.5 Å². The van der Waals surface area contributed by atoms with Crippen molar-refractivity contribution >= 4 is 40.1 Å². The Morgan fingerprint density at radius 3 is 2.70 bits per heavy atom. The van der Waals surface area contributed by atoms with Crippen molar-refractivity contribution in [3.63, 3.8) is 0 Å². The molecule has 0 radical (unpaired) electrons. The van der Waals surface area contributed by atoms with E-state index in [1.165, 1.54) is 17.4 Å². The number of nitrogens with one attached hydrogen (secondary N) is 2. The number of hydrazine groups is 1. The molecule has 0 aliphatic rings. The summed E-state index contributed by atoms with van der Waals surface area (Å²) in [6.45, 7) is 0. The van der Waals surface area contributed by atoms with Crippen LogP contribution in [0.1, 0.15) is 15.4 Å². The van der Waals surface area contributed by atoms with Crippen LogP contribution in [0, 0.1) is 0 Å². The molecule has 0 fully saturated rings. The molecule has 0 unspecified atom stereocenters. The van der Waals surface area contributed by atoms with Crippen LogP contribution in [0.2, 0.25) is 0 Å². The van der Waals surface area contributed by atoms with Crippen molar-refractivity contribution in [2.24, 2.45) is 0 Å². The normalized spacial score (nSPS) is 10.8. The molecule has 5 nitrogen and oxygen atoms in total. The van der Waals surface area contributed by atoms with E-state index in [0.29, 0.717) is 10.6 Å². The van der Waals surface area contributed by atoms with E-state index in [9.17, 15) is 9.59 Å². The number of para-hydroxylation sites is 1. The summed E-state index contributed by atoms with van der Waals surface area (Å²) in [5, 5.41) is 2.83. The molecule has 0 aliphatic heterocycles. The van der Waals surface area contributed by atoms with Crippen LogP contribution in [0.5, 0.6) is 0 Å². The second-order valence-electron chi connectivity index (χ2n) is 4.68. The van der Waals surface area contributed by atoms with Gasteiger partial charge in [-0.25, -0.2) is 4.98 Å². The predicted molar refractivity (Wildman–Crippen MR) is 90.7 cm³/mol. The highest BCUT2D eigenvalue weighted by Crippen LogP contribution is 2.12. The van der Waals surface area contributed by atoms with Gasteiger partial charge >= 0.3 is 0 Å². The lowest BCUT2D eigenvalue weighted by atomic mass is 10.2. The van der Waals surface area contributed by atoms with E-state index in [4.69, 9.17) is 0 Å². The van der Waals surface area contributed by atoms with Crippen LogP contribution >= 0.6 is 11.3 Å². The van der Waals surface area contributed by atoms with Gasteiger partial charge in [0.25, 0.3) is 11.8 Å². The SMILES string of the molecule is O=C(/C=C/c1ccc2ccccc2n1)NNC(=O)c1cccs1. The van der Waals surface area contributed by atoms with E-state index in [0.717, 1.165) is 10.9 Å². The van der Waals surface area contributed by atoms with Crippen LogP contribution in [0.4, 0.5) is 0 Å². The van der Waals surface area contributed by atoms with Gasteiger partial charge in [0.15, 0.2) is 0 Å². The quantitative estimate of drug-likeness (QED) is 0.575. The van der Waals surface area contributed by atoms with Crippen molar-refractivity contribution < 1.29 is 9.59 Å². The Hall–Kier alpha value is -2.99. The Morgan fingerprint density at radius 2 is 1.87 bits per heavy atom. The third-order valence-electron chi connectivity index (χ3n) is 3.07. The molecule has 2 aromatic heterocycles. The van der Waals surface area contributed by atoms with Crippen molar-refractivity contribution in [3.8, 4) is 0 Å². The fourth-order valence-electron chi connectivity index (χ4n) is 1.97. The molecule has 23 heavy (non-hydrogen) atoms. The van der Waals surface area contributed by atoms with Crippen molar-refractivity contribution in [1.29, 1.82) is 0 Å². The number of pyridine rings is 1.